The number of aryl methyl sites for hydroxylation is 4. The minimum absolute atomic E-state index is 0.505. The average Bonchev–Trinajstić information content (AvgIpc) is 3.33. The van der Waals surface area contributed by atoms with E-state index < -0.39 is 0 Å². The first-order valence-electron chi connectivity index (χ1n) is 9.97. The van der Waals surface area contributed by atoms with Crippen molar-refractivity contribution in [1.29, 1.82) is 0 Å². The monoisotopic (exact) mass is 393 g/mol. The smallest absolute Gasteiger partial charge is 0.158 e. The van der Waals surface area contributed by atoms with Gasteiger partial charge in [0.2, 0.25) is 0 Å². The summed E-state index contributed by atoms with van der Waals surface area (Å²) in [5.41, 5.74) is 6.69. The van der Waals surface area contributed by atoms with Gasteiger partial charge in [0.25, 0.3) is 0 Å². The summed E-state index contributed by atoms with van der Waals surface area (Å²) >= 11 is 1.75. The van der Waals surface area contributed by atoms with Crippen LogP contribution in [0.25, 0.3) is 26.9 Å². The third-order valence-corrected chi connectivity index (χ3v) is 6.71. The minimum Gasteiger partial charge on any atom is -0.461 e. The summed E-state index contributed by atoms with van der Waals surface area (Å²) in [5, 5.41) is 4.85. The number of rotatable bonds is 5. The quantitative estimate of drug-likeness (QED) is 0.372. The summed E-state index contributed by atoms with van der Waals surface area (Å²) in [4.78, 5) is 7.31. The molecule has 0 spiro atoms. The van der Waals surface area contributed by atoms with Crippen LogP contribution in [0.3, 0.4) is 0 Å². The van der Waals surface area contributed by atoms with Crippen molar-refractivity contribution in [1.82, 2.24) is 14.6 Å². The Labute approximate surface area is 170 Å². The van der Waals surface area contributed by atoms with Gasteiger partial charge in [-0.05, 0) is 76.3 Å². The van der Waals surface area contributed by atoms with Crippen LogP contribution in [-0.4, -0.2) is 14.6 Å². The fourth-order valence-corrected chi connectivity index (χ4v) is 5.19. The Hall–Kier alpha value is -2.40. The number of furan rings is 1. The zero-order valence-electron chi connectivity index (χ0n) is 17.5. The molecule has 0 amide bonds. The predicted molar refractivity (Wildman–Crippen MR) is 116 cm³/mol. The van der Waals surface area contributed by atoms with E-state index in [9.17, 15) is 0 Å². The first-order chi connectivity index (χ1) is 13.4. The molecule has 5 heteroatoms. The van der Waals surface area contributed by atoms with Gasteiger partial charge in [-0.3, -0.25) is 0 Å². The number of thiophene rings is 1. The number of imidazole rings is 1. The van der Waals surface area contributed by atoms with Crippen LogP contribution in [0.4, 0.5) is 0 Å². The van der Waals surface area contributed by atoms with Crippen molar-refractivity contribution < 1.29 is 4.42 Å². The first kappa shape index (κ1) is 18.9. The predicted octanol–water partition coefficient (Wildman–Crippen LogP) is 6.86. The number of aromatic nitrogens is 3. The highest BCUT2D eigenvalue weighted by Crippen LogP contribution is 2.40. The van der Waals surface area contributed by atoms with E-state index in [1.807, 2.05) is 19.1 Å². The summed E-state index contributed by atoms with van der Waals surface area (Å²) in [7, 11) is 0. The molecule has 0 saturated carbocycles. The SMILES string of the molecule is CCC(CC)c1cc(C)nn2c(-c3sc(-c4ccc(C)o4)cc3C)c(C)nc12. The molecule has 0 aliphatic carbocycles. The van der Waals surface area contributed by atoms with Gasteiger partial charge in [-0.2, -0.15) is 5.10 Å². The number of fused-ring (bicyclic) bond motifs is 1. The zero-order valence-corrected chi connectivity index (χ0v) is 18.3. The Kier molecular flexibility index (Phi) is 4.88. The van der Waals surface area contributed by atoms with E-state index in [4.69, 9.17) is 14.5 Å². The lowest BCUT2D eigenvalue weighted by atomic mass is 9.95. The lowest BCUT2D eigenvalue weighted by Gasteiger charge is -2.14. The van der Waals surface area contributed by atoms with Crippen LogP contribution in [0, 0.1) is 27.7 Å². The Balaban J connectivity index is 1.93. The van der Waals surface area contributed by atoms with Crippen LogP contribution in [-0.2, 0) is 0 Å². The molecule has 0 aliphatic rings. The second-order valence-electron chi connectivity index (χ2n) is 7.57. The molecule has 0 radical (unpaired) electrons. The van der Waals surface area contributed by atoms with Gasteiger partial charge in [-0.25, -0.2) is 9.50 Å². The van der Waals surface area contributed by atoms with Crippen molar-refractivity contribution in [3.63, 3.8) is 0 Å². The molecular formula is C23H27N3OS. The summed E-state index contributed by atoms with van der Waals surface area (Å²) in [5.74, 6) is 2.36. The van der Waals surface area contributed by atoms with Crippen LogP contribution in [0.2, 0.25) is 0 Å². The summed E-state index contributed by atoms with van der Waals surface area (Å²) in [6.45, 7) is 12.8. The molecule has 0 saturated heterocycles. The van der Waals surface area contributed by atoms with Crippen LogP contribution >= 0.6 is 11.3 Å². The lowest BCUT2D eigenvalue weighted by Crippen LogP contribution is -2.05. The van der Waals surface area contributed by atoms with Crippen LogP contribution < -0.4 is 0 Å². The normalized spacial score (nSPS) is 11.8. The van der Waals surface area contributed by atoms with Gasteiger partial charge >= 0.3 is 0 Å². The van der Waals surface area contributed by atoms with Gasteiger partial charge < -0.3 is 4.42 Å². The Morgan fingerprint density at radius 1 is 1.07 bits per heavy atom. The van der Waals surface area contributed by atoms with Gasteiger partial charge in [0.1, 0.15) is 17.2 Å². The third-order valence-electron chi connectivity index (χ3n) is 5.45. The van der Waals surface area contributed by atoms with Crippen molar-refractivity contribution in [2.45, 2.75) is 60.3 Å². The number of nitrogens with zero attached hydrogens (tertiary/aromatic N) is 3. The van der Waals surface area contributed by atoms with Crippen molar-refractivity contribution in [2.24, 2.45) is 0 Å². The highest BCUT2D eigenvalue weighted by molar-refractivity contribution is 7.19. The molecule has 0 atom stereocenters. The largest absolute Gasteiger partial charge is 0.461 e. The average molecular weight is 394 g/mol. The zero-order chi connectivity index (χ0) is 20.0. The third kappa shape index (κ3) is 3.08. The van der Waals surface area contributed by atoms with Crippen molar-refractivity contribution in [3.8, 4) is 21.2 Å². The van der Waals surface area contributed by atoms with E-state index in [0.717, 1.165) is 52.0 Å². The van der Waals surface area contributed by atoms with Gasteiger partial charge in [0.05, 0.1) is 21.1 Å². The van der Waals surface area contributed by atoms with Crippen LogP contribution in [0.1, 0.15) is 60.9 Å². The Morgan fingerprint density at radius 2 is 1.82 bits per heavy atom. The Bertz CT molecular complexity index is 1140. The van der Waals surface area contributed by atoms with Crippen molar-refractivity contribution in [3.05, 3.63) is 52.5 Å². The number of hydrogen-bond acceptors (Lipinski definition) is 4. The molecule has 4 heterocycles. The molecule has 0 unspecified atom stereocenters. The standard InChI is InChI=1S/C23H27N3OS/c1-7-17(8-2)18-12-14(4)25-26-21(16(6)24-23(18)26)22-13(3)11-20(28-22)19-10-9-15(5)27-19/h9-12,17H,7-8H2,1-6H3. The van der Waals surface area contributed by atoms with Crippen molar-refractivity contribution in [2.75, 3.05) is 0 Å². The highest BCUT2D eigenvalue weighted by atomic mass is 32.1. The topological polar surface area (TPSA) is 43.3 Å². The minimum atomic E-state index is 0.505. The van der Waals surface area contributed by atoms with E-state index in [2.05, 4.69) is 51.3 Å². The fourth-order valence-electron chi connectivity index (χ4n) is 3.97. The van der Waals surface area contributed by atoms with Gasteiger partial charge in [0, 0.05) is 5.56 Å². The molecule has 0 aliphatic heterocycles. The summed E-state index contributed by atoms with van der Waals surface area (Å²) in [6, 6.07) is 8.46. The summed E-state index contributed by atoms with van der Waals surface area (Å²) in [6.07, 6.45) is 2.22. The van der Waals surface area contributed by atoms with Gasteiger partial charge in [-0.15, -0.1) is 11.3 Å². The first-order valence-corrected chi connectivity index (χ1v) is 10.8. The van der Waals surface area contributed by atoms with E-state index in [-0.39, 0.29) is 0 Å². The Morgan fingerprint density at radius 3 is 2.46 bits per heavy atom. The van der Waals surface area contributed by atoms with E-state index in [0.29, 0.717) is 5.92 Å². The van der Waals surface area contributed by atoms with Crippen molar-refractivity contribution >= 4 is 17.0 Å². The van der Waals surface area contributed by atoms with Crippen LogP contribution in [0.15, 0.2) is 28.7 Å². The molecule has 0 aromatic carbocycles. The molecule has 146 valence electrons. The molecule has 4 rings (SSSR count). The molecule has 0 bridgehead atoms. The van der Waals surface area contributed by atoms with Gasteiger partial charge in [-0.1, -0.05) is 13.8 Å². The van der Waals surface area contributed by atoms with E-state index >= 15 is 0 Å². The maximum absolute atomic E-state index is 5.84. The maximum atomic E-state index is 5.84. The molecule has 0 fully saturated rings. The molecule has 4 aromatic heterocycles. The maximum Gasteiger partial charge on any atom is 0.158 e. The molecular weight excluding hydrogens is 366 g/mol. The lowest BCUT2D eigenvalue weighted by molar-refractivity contribution is 0.549. The van der Waals surface area contributed by atoms with E-state index in [1.165, 1.54) is 16.0 Å². The number of hydrogen-bond donors (Lipinski definition) is 0. The second kappa shape index (κ2) is 7.21. The van der Waals surface area contributed by atoms with E-state index in [1.54, 1.807) is 11.3 Å². The summed E-state index contributed by atoms with van der Waals surface area (Å²) < 4.78 is 7.91. The molecule has 0 N–H and O–H groups in total. The molecule has 4 aromatic rings. The highest BCUT2D eigenvalue weighted by Gasteiger charge is 2.22. The van der Waals surface area contributed by atoms with Gasteiger partial charge in [0.15, 0.2) is 5.65 Å². The fraction of sp³-hybridized carbons (Fsp3) is 0.391. The molecule has 28 heavy (non-hydrogen) atoms. The second-order valence-corrected chi connectivity index (χ2v) is 8.62. The van der Waals surface area contributed by atoms with Crippen LogP contribution in [0.5, 0.6) is 0 Å². The molecule has 4 nitrogen and oxygen atoms in total.